The van der Waals surface area contributed by atoms with E-state index in [1.807, 2.05) is 38.2 Å². The van der Waals surface area contributed by atoms with Gasteiger partial charge in [0.15, 0.2) is 5.65 Å². The van der Waals surface area contributed by atoms with Gasteiger partial charge in [-0.1, -0.05) is 20.8 Å². The van der Waals surface area contributed by atoms with Gasteiger partial charge in [0.1, 0.15) is 5.82 Å². The summed E-state index contributed by atoms with van der Waals surface area (Å²) in [6, 6.07) is 5.86. The fraction of sp³-hybridized carbons (Fsp3) is 0.389. The van der Waals surface area contributed by atoms with Crippen LogP contribution in [0.3, 0.4) is 0 Å². The molecular formula is C18H22N4O. The standard InChI is InChI=1S/C18H22N4O/c1-6-23-16-13(8-7-10-19-16)14-9-11-22-15(21-14)12(2)20-17(22)18(3,4)5/h7-11H,6H2,1-5H3. The Morgan fingerprint density at radius 3 is 2.65 bits per heavy atom. The van der Waals surface area contributed by atoms with Crippen molar-refractivity contribution in [3.63, 3.8) is 0 Å². The summed E-state index contributed by atoms with van der Waals surface area (Å²) < 4.78 is 7.68. The van der Waals surface area contributed by atoms with Gasteiger partial charge in [0, 0.05) is 17.8 Å². The molecule has 0 aliphatic carbocycles. The summed E-state index contributed by atoms with van der Waals surface area (Å²) in [6.45, 7) is 11.0. The molecule has 0 aromatic carbocycles. The molecule has 0 saturated heterocycles. The number of hydrogen-bond acceptors (Lipinski definition) is 4. The molecule has 3 aromatic heterocycles. The van der Waals surface area contributed by atoms with E-state index in [4.69, 9.17) is 14.7 Å². The number of rotatable bonds is 3. The molecule has 0 bridgehead atoms. The number of imidazole rings is 1. The molecule has 0 unspecified atom stereocenters. The third-order valence-corrected chi connectivity index (χ3v) is 3.66. The summed E-state index contributed by atoms with van der Waals surface area (Å²) in [5.74, 6) is 1.63. The predicted molar refractivity (Wildman–Crippen MR) is 90.8 cm³/mol. The predicted octanol–water partition coefficient (Wildman–Crippen LogP) is 3.80. The highest BCUT2D eigenvalue weighted by Gasteiger charge is 2.22. The Bertz CT molecular complexity index is 846. The van der Waals surface area contributed by atoms with Crippen LogP contribution in [-0.4, -0.2) is 26.0 Å². The number of nitrogens with zero attached hydrogens (tertiary/aromatic N) is 4. The van der Waals surface area contributed by atoms with Gasteiger partial charge in [-0.15, -0.1) is 0 Å². The van der Waals surface area contributed by atoms with Crippen molar-refractivity contribution in [1.29, 1.82) is 0 Å². The summed E-state index contributed by atoms with van der Waals surface area (Å²) in [6.07, 6.45) is 3.76. The van der Waals surface area contributed by atoms with Crippen molar-refractivity contribution in [3.05, 3.63) is 42.1 Å². The molecular weight excluding hydrogens is 288 g/mol. The Labute approximate surface area is 136 Å². The Balaban J connectivity index is 2.17. The topological polar surface area (TPSA) is 52.3 Å². The molecule has 0 aliphatic heterocycles. The monoisotopic (exact) mass is 310 g/mol. The summed E-state index contributed by atoms with van der Waals surface area (Å²) in [5.41, 5.74) is 3.51. The maximum Gasteiger partial charge on any atom is 0.222 e. The normalized spacial score (nSPS) is 11.9. The Morgan fingerprint density at radius 1 is 1.17 bits per heavy atom. The lowest BCUT2D eigenvalue weighted by molar-refractivity contribution is 0.328. The lowest BCUT2D eigenvalue weighted by Gasteiger charge is -2.16. The minimum absolute atomic E-state index is 0.0365. The van der Waals surface area contributed by atoms with Gasteiger partial charge in [0.05, 0.1) is 23.6 Å². The highest BCUT2D eigenvalue weighted by Crippen LogP contribution is 2.29. The molecule has 0 N–H and O–H groups in total. The molecule has 3 rings (SSSR count). The fourth-order valence-corrected chi connectivity index (χ4v) is 2.63. The molecule has 3 aromatic rings. The molecule has 0 amide bonds. The summed E-state index contributed by atoms with van der Waals surface area (Å²) in [4.78, 5) is 13.8. The third-order valence-electron chi connectivity index (χ3n) is 3.66. The summed E-state index contributed by atoms with van der Waals surface area (Å²) in [5, 5.41) is 0. The SMILES string of the molecule is CCOc1ncccc1-c1ccn2c(C(C)(C)C)nc(C)c2n1. The molecule has 120 valence electrons. The van der Waals surface area contributed by atoms with Crippen molar-refractivity contribution >= 4 is 5.65 Å². The van der Waals surface area contributed by atoms with E-state index in [2.05, 4.69) is 30.2 Å². The van der Waals surface area contributed by atoms with Crippen molar-refractivity contribution in [2.45, 2.75) is 40.0 Å². The van der Waals surface area contributed by atoms with Crippen LogP contribution in [0.2, 0.25) is 0 Å². The number of aromatic nitrogens is 4. The zero-order valence-corrected chi connectivity index (χ0v) is 14.3. The Hall–Kier alpha value is -2.43. The van der Waals surface area contributed by atoms with Gasteiger partial charge in [-0.2, -0.15) is 0 Å². The van der Waals surface area contributed by atoms with Crippen LogP contribution in [-0.2, 0) is 5.41 Å². The maximum atomic E-state index is 5.62. The van der Waals surface area contributed by atoms with E-state index >= 15 is 0 Å². The molecule has 0 aliphatic rings. The highest BCUT2D eigenvalue weighted by molar-refractivity contribution is 5.67. The third kappa shape index (κ3) is 2.79. The van der Waals surface area contributed by atoms with Crippen LogP contribution in [0.5, 0.6) is 5.88 Å². The number of hydrogen-bond donors (Lipinski definition) is 0. The van der Waals surface area contributed by atoms with E-state index < -0.39 is 0 Å². The molecule has 0 saturated carbocycles. The van der Waals surface area contributed by atoms with Gasteiger partial charge in [-0.05, 0) is 32.0 Å². The molecule has 5 nitrogen and oxygen atoms in total. The first-order chi connectivity index (χ1) is 10.9. The van der Waals surface area contributed by atoms with Crippen molar-refractivity contribution in [1.82, 2.24) is 19.4 Å². The average molecular weight is 310 g/mol. The molecule has 0 radical (unpaired) electrons. The van der Waals surface area contributed by atoms with Gasteiger partial charge >= 0.3 is 0 Å². The van der Waals surface area contributed by atoms with Crippen LogP contribution < -0.4 is 4.74 Å². The van der Waals surface area contributed by atoms with Crippen LogP contribution in [0, 0.1) is 6.92 Å². The van der Waals surface area contributed by atoms with Crippen LogP contribution in [0.1, 0.15) is 39.2 Å². The first-order valence-corrected chi connectivity index (χ1v) is 7.86. The number of aryl methyl sites for hydroxylation is 1. The second-order valence-electron chi connectivity index (χ2n) is 6.57. The highest BCUT2D eigenvalue weighted by atomic mass is 16.5. The first kappa shape index (κ1) is 15.5. The zero-order valence-electron chi connectivity index (χ0n) is 14.3. The van der Waals surface area contributed by atoms with E-state index in [0.29, 0.717) is 12.5 Å². The largest absolute Gasteiger partial charge is 0.477 e. The quantitative estimate of drug-likeness (QED) is 0.738. The van der Waals surface area contributed by atoms with Crippen LogP contribution >= 0.6 is 0 Å². The van der Waals surface area contributed by atoms with Gasteiger partial charge < -0.3 is 4.74 Å². The van der Waals surface area contributed by atoms with E-state index in [-0.39, 0.29) is 5.41 Å². The van der Waals surface area contributed by atoms with Gasteiger partial charge in [-0.3, -0.25) is 4.40 Å². The zero-order chi connectivity index (χ0) is 16.6. The second kappa shape index (κ2) is 5.65. The van der Waals surface area contributed by atoms with Crippen LogP contribution in [0.25, 0.3) is 16.9 Å². The smallest absolute Gasteiger partial charge is 0.222 e. The Kier molecular flexibility index (Phi) is 3.80. The van der Waals surface area contributed by atoms with E-state index in [0.717, 1.165) is 28.4 Å². The van der Waals surface area contributed by atoms with E-state index in [9.17, 15) is 0 Å². The van der Waals surface area contributed by atoms with Gasteiger partial charge in [0.2, 0.25) is 5.88 Å². The van der Waals surface area contributed by atoms with Crippen LogP contribution in [0.4, 0.5) is 0 Å². The average Bonchev–Trinajstić information content (AvgIpc) is 2.85. The lowest BCUT2D eigenvalue weighted by Crippen LogP contribution is -2.16. The molecule has 23 heavy (non-hydrogen) atoms. The fourth-order valence-electron chi connectivity index (χ4n) is 2.63. The number of pyridine rings is 1. The van der Waals surface area contributed by atoms with Crippen molar-refractivity contribution in [2.75, 3.05) is 6.61 Å². The maximum absolute atomic E-state index is 5.62. The molecule has 0 atom stereocenters. The van der Waals surface area contributed by atoms with E-state index in [1.165, 1.54) is 0 Å². The van der Waals surface area contributed by atoms with Gasteiger partial charge in [-0.25, -0.2) is 15.0 Å². The molecule has 0 fully saturated rings. The molecule has 0 spiro atoms. The van der Waals surface area contributed by atoms with Crippen LogP contribution in [0.15, 0.2) is 30.6 Å². The summed E-state index contributed by atoms with van der Waals surface area (Å²) >= 11 is 0. The summed E-state index contributed by atoms with van der Waals surface area (Å²) in [7, 11) is 0. The van der Waals surface area contributed by atoms with Gasteiger partial charge in [0.25, 0.3) is 0 Å². The minimum atomic E-state index is -0.0365. The Morgan fingerprint density at radius 2 is 1.96 bits per heavy atom. The minimum Gasteiger partial charge on any atom is -0.477 e. The first-order valence-electron chi connectivity index (χ1n) is 7.86. The lowest BCUT2D eigenvalue weighted by atomic mass is 9.96. The molecule has 5 heteroatoms. The molecule has 3 heterocycles. The van der Waals surface area contributed by atoms with Crippen molar-refractivity contribution in [2.24, 2.45) is 0 Å². The van der Waals surface area contributed by atoms with Crippen molar-refractivity contribution in [3.8, 4) is 17.1 Å². The van der Waals surface area contributed by atoms with E-state index in [1.54, 1.807) is 6.20 Å². The van der Waals surface area contributed by atoms with Crippen molar-refractivity contribution < 1.29 is 4.74 Å². The number of ether oxygens (including phenoxy) is 1. The number of fused-ring (bicyclic) bond motifs is 1. The second-order valence-corrected chi connectivity index (χ2v) is 6.57.